The zero-order chi connectivity index (χ0) is 13.0. The maximum absolute atomic E-state index is 14.0. The molecule has 0 amide bonds. The first-order valence-electron chi connectivity index (χ1n) is 4.71. The number of methoxy groups -OCH3 is 2. The van der Waals surface area contributed by atoms with Crippen molar-refractivity contribution in [3.05, 3.63) is 33.0 Å². The summed E-state index contributed by atoms with van der Waals surface area (Å²) < 4.78 is 24.5. The minimum Gasteiger partial charge on any atom is -0.354 e. The lowest BCUT2D eigenvalue weighted by molar-refractivity contribution is -0.124. The molecule has 0 aliphatic carbocycles. The van der Waals surface area contributed by atoms with Crippen molar-refractivity contribution < 1.29 is 13.9 Å². The number of nitrogens with two attached hydrogens (primary N) is 1. The molecular weight excluding hydrogens is 314 g/mol. The van der Waals surface area contributed by atoms with E-state index in [1.165, 1.54) is 14.2 Å². The first-order valence-corrected chi connectivity index (χ1v) is 5.89. The summed E-state index contributed by atoms with van der Waals surface area (Å²) >= 11 is 8.94. The van der Waals surface area contributed by atoms with Crippen LogP contribution in [0.2, 0.25) is 5.02 Å². The minimum absolute atomic E-state index is 0.00583. The fourth-order valence-electron chi connectivity index (χ4n) is 1.46. The highest BCUT2D eigenvalue weighted by molar-refractivity contribution is 9.10. The third-order valence-corrected chi connectivity index (χ3v) is 3.58. The molecule has 7 heteroatoms. The van der Waals surface area contributed by atoms with Crippen LogP contribution in [-0.4, -0.2) is 20.5 Å². The summed E-state index contributed by atoms with van der Waals surface area (Å²) in [4.78, 5) is 0. The molecule has 0 saturated heterocycles. The second-order valence-corrected chi connectivity index (χ2v) is 4.48. The third-order valence-electron chi connectivity index (χ3n) is 2.32. The molecule has 1 unspecified atom stereocenters. The van der Waals surface area contributed by atoms with E-state index in [0.717, 1.165) is 0 Å². The number of hydrogen-bond donors (Lipinski definition) is 2. The molecule has 0 bridgehead atoms. The topological polar surface area (TPSA) is 56.5 Å². The Bertz CT molecular complexity index is 391. The number of rotatable bonds is 5. The number of halogens is 3. The largest absolute Gasteiger partial charge is 0.354 e. The lowest BCUT2D eigenvalue weighted by Gasteiger charge is -2.25. The van der Waals surface area contributed by atoms with Gasteiger partial charge >= 0.3 is 0 Å². The van der Waals surface area contributed by atoms with E-state index in [1.807, 2.05) is 0 Å². The van der Waals surface area contributed by atoms with Crippen molar-refractivity contribution in [2.45, 2.75) is 12.3 Å². The summed E-state index contributed by atoms with van der Waals surface area (Å²) in [6.07, 6.45) is -0.716. The molecule has 0 spiro atoms. The van der Waals surface area contributed by atoms with E-state index in [-0.39, 0.29) is 10.6 Å². The molecule has 0 fully saturated rings. The van der Waals surface area contributed by atoms with Gasteiger partial charge in [0.2, 0.25) is 0 Å². The quantitative estimate of drug-likeness (QED) is 0.377. The fraction of sp³-hybridized carbons (Fsp3) is 0.400. The van der Waals surface area contributed by atoms with Gasteiger partial charge in [0.15, 0.2) is 6.29 Å². The highest BCUT2D eigenvalue weighted by atomic mass is 79.9. The van der Waals surface area contributed by atoms with Crippen LogP contribution in [0.15, 0.2) is 16.6 Å². The highest BCUT2D eigenvalue weighted by Crippen LogP contribution is 2.31. The average molecular weight is 328 g/mol. The van der Waals surface area contributed by atoms with Crippen molar-refractivity contribution in [1.82, 2.24) is 5.43 Å². The molecule has 0 radical (unpaired) electrons. The summed E-state index contributed by atoms with van der Waals surface area (Å²) in [5, 5.41) is -0.00583. The molecule has 1 aromatic rings. The van der Waals surface area contributed by atoms with E-state index in [0.29, 0.717) is 4.47 Å². The smallest absolute Gasteiger partial charge is 0.177 e. The maximum atomic E-state index is 14.0. The fourth-order valence-corrected chi connectivity index (χ4v) is 1.94. The molecule has 0 aliphatic rings. The van der Waals surface area contributed by atoms with Crippen LogP contribution in [0.1, 0.15) is 11.6 Å². The van der Waals surface area contributed by atoms with Crippen molar-refractivity contribution in [1.29, 1.82) is 0 Å². The van der Waals surface area contributed by atoms with Crippen LogP contribution in [0.5, 0.6) is 0 Å². The SMILES string of the molecule is COC(OC)C(NN)c1ccc(Br)c(Cl)c1F. The lowest BCUT2D eigenvalue weighted by Crippen LogP contribution is -2.39. The average Bonchev–Trinajstić information content (AvgIpc) is 2.34. The second-order valence-electron chi connectivity index (χ2n) is 3.25. The Balaban J connectivity index is 3.16. The van der Waals surface area contributed by atoms with Gasteiger partial charge in [0, 0.05) is 24.3 Å². The Morgan fingerprint density at radius 1 is 1.41 bits per heavy atom. The van der Waals surface area contributed by atoms with Crippen LogP contribution in [-0.2, 0) is 9.47 Å². The Kier molecular flexibility index (Phi) is 5.78. The van der Waals surface area contributed by atoms with Crippen LogP contribution in [0.25, 0.3) is 0 Å². The van der Waals surface area contributed by atoms with Gasteiger partial charge in [-0.1, -0.05) is 17.7 Å². The molecule has 4 nitrogen and oxygen atoms in total. The molecular formula is C10H13BrClFN2O2. The molecule has 3 N–H and O–H groups in total. The van der Waals surface area contributed by atoms with Crippen LogP contribution in [0.4, 0.5) is 4.39 Å². The molecule has 17 heavy (non-hydrogen) atoms. The van der Waals surface area contributed by atoms with E-state index in [9.17, 15) is 4.39 Å². The van der Waals surface area contributed by atoms with Crippen molar-refractivity contribution in [2.24, 2.45) is 5.84 Å². The normalized spacial score (nSPS) is 13.1. The molecule has 96 valence electrons. The second kappa shape index (κ2) is 6.63. The van der Waals surface area contributed by atoms with Crippen LogP contribution in [0.3, 0.4) is 0 Å². The number of hydrazine groups is 1. The van der Waals surface area contributed by atoms with Crippen molar-refractivity contribution in [2.75, 3.05) is 14.2 Å². The van der Waals surface area contributed by atoms with E-state index in [1.54, 1.807) is 12.1 Å². The number of ether oxygens (including phenoxy) is 2. The lowest BCUT2D eigenvalue weighted by atomic mass is 10.1. The Morgan fingerprint density at radius 2 is 2.00 bits per heavy atom. The van der Waals surface area contributed by atoms with E-state index < -0.39 is 18.1 Å². The van der Waals surface area contributed by atoms with Gasteiger partial charge in [0.1, 0.15) is 5.82 Å². The summed E-state index contributed by atoms with van der Waals surface area (Å²) in [6.45, 7) is 0. The molecule has 0 saturated carbocycles. The summed E-state index contributed by atoms with van der Waals surface area (Å²) in [5.41, 5.74) is 2.72. The van der Waals surface area contributed by atoms with Gasteiger partial charge in [-0.25, -0.2) is 9.82 Å². The molecule has 0 aromatic heterocycles. The zero-order valence-electron chi connectivity index (χ0n) is 9.34. The van der Waals surface area contributed by atoms with Gasteiger partial charge in [-0.15, -0.1) is 0 Å². The summed E-state index contributed by atoms with van der Waals surface area (Å²) in [6, 6.07) is 2.53. The Hall–Kier alpha value is -0.240. The van der Waals surface area contributed by atoms with E-state index in [4.69, 9.17) is 26.9 Å². The van der Waals surface area contributed by atoms with Gasteiger partial charge in [0.05, 0.1) is 11.1 Å². The number of nitrogens with one attached hydrogen (secondary N) is 1. The number of hydrogen-bond acceptors (Lipinski definition) is 4. The van der Waals surface area contributed by atoms with E-state index >= 15 is 0 Å². The molecule has 0 aliphatic heterocycles. The predicted octanol–water partition coefficient (Wildman–Crippen LogP) is 2.36. The van der Waals surface area contributed by atoms with Gasteiger partial charge in [-0.2, -0.15) is 0 Å². The van der Waals surface area contributed by atoms with Crippen molar-refractivity contribution in [3.8, 4) is 0 Å². The van der Waals surface area contributed by atoms with Gasteiger partial charge in [0.25, 0.3) is 0 Å². The Labute approximate surface area is 112 Å². The van der Waals surface area contributed by atoms with Crippen LogP contribution < -0.4 is 11.3 Å². The Morgan fingerprint density at radius 3 is 2.47 bits per heavy atom. The third kappa shape index (κ3) is 3.15. The summed E-state index contributed by atoms with van der Waals surface area (Å²) in [7, 11) is 2.88. The van der Waals surface area contributed by atoms with Gasteiger partial charge in [-0.05, 0) is 22.0 Å². The highest BCUT2D eigenvalue weighted by Gasteiger charge is 2.26. The zero-order valence-corrected chi connectivity index (χ0v) is 11.7. The van der Waals surface area contributed by atoms with Crippen LogP contribution >= 0.6 is 27.5 Å². The number of benzene rings is 1. The predicted molar refractivity (Wildman–Crippen MR) is 67.0 cm³/mol. The molecule has 0 heterocycles. The maximum Gasteiger partial charge on any atom is 0.177 e. The first kappa shape index (κ1) is 14.8. The van der Waals surface area contributed by atoms with Crippen molar-refractivity contribution >= 4 is 27.5 Å². The molecule has 1 atom stereocenters. The minimum atomic E-state index is -0.716. The molecule has 1 rings (SSSR count). The van der Waals surface area contributed by atoms with Crippen molar-refractivity contribution in [3.63, 3.8) is 0 Å². The monoisotopic (exact) mass is 326 g/mol. The standard InChI is InChI=1S/C10H13BrClFN2O2/c1-16-10(17-2)9(15-14)5-3-4-6(11)7(12)8(5)13/h3-4,9-10,15H,14H2,1-2H3. The van der Waals surface area contributed by atoms with Gasteiger partial charge < -0.3 is 9.47 Å². The van der Waals surface area contributed by atoms with Gasteiger partial charge in [-0.3, -0.25) is 5.84 Å². The first-order chi connectivity index (χ1) is 8.06. The van der Waals surface area contributed by atoms with Crippen LogP contribution in [0, 0.1) is 5.82 Å². The van der Waals surface area contributed by atoms with E-state index in [2.05, 4.69) is 21.4 Å². The molecule has 1 aromatic carbocycles. The summed E-state index contributed by atoms with van der Waals surface area (Å²) in [5.74, 6) is 4.82.